The Morgan fingerprint density at radius 3 is 2.53 bits per heavy atom. The highest BCUT2D eigenvalue weighted by Gasteiger charge is 2.34. The van der Waals surface area contributed by atoms with E-state index in [1.807, 2.05) is 4.90 Å². The third-order valence-electron chi connectivity index (χ3n) is 5.23. The van der Waals surface area contributed by atoms with Crippen LogP contribution in [-0.4, -0.2) is 86.0 Å². The summed E-state index contributed by atoms with van der Waals surface area (Å²) in [6, 6.07) is 4.30. The number of cyclic esters (lactones) is 1. The summed E-state index contributed by atoms with van der Waals surface area (Å²) < 4.78 is 24.9. The van der Waals surface area contributed by atoms with Crippen molar-refractivity contribution in [2.24, 2.45) is 0 Å². The molecule has 12 heteroatoms. The van der Waals surface area contributed by atoms with Crippen LogP contribution in [0.4, 0.5) is 30.1 Å². The Morgan fingerprint density at radius 2 is 1.97 bits per heavy atom. The maximum absolute atomic E-state index is 14.9. The molecular formula is C20H27FN4O6S. The Hall–Kier alpha value is -2.73. The molecule has 2 saturated heterocycles. The van der Waals surface area contributed by atoms with E-state index in [2.05, 4.69) is 12.6 Å². The second-order valence-electron chi connectivity index (χ2n) is 7.69. The molecule has 1 aromatic carbocycles. The van der Waals surface area contributed by atoms with Gasteiger partial charge in [0, 0.05) is 26.2 Å². The molecule has 3 amide bonds. The maximum atomic E-state index is 14.9. The summed E-state index contributed by atoms with van der Waals surface area (Å²) in [5.74, 6) is -0.479. The van der Waals surface area contributed by atoms with Crippen LogP contribution >= 0.6 is 12.6 Å². The van der Waals surface area contributed by atoms with Gasteiger partial charge >= 0.3 is 17.4 Å². The number of halogens is 1. The summed E-state index contributed by atoms with van der Waals surface area (Å²) in [5, 5.41) is 0.542. The van der Waals surface area contributed by atoms with E-state index in [4.69, 9.17) is 14.3 Å². The number of piperazine rings is 1. The minimum atomic E-state index is -0.620. The monoisotopic (exact) mass is 470 g/mol. The summed E-state index contributed by atoms with van der Waals surface area (Å²) in [4.78, 5) is 45.5. The van der Waals surface area contributed by atoms with E-state index >= 15 is 0 Å². The molecule has 2 aliphatic heterocycles. The first kappa shape index (κ1) is 23.9. The largest absolute Gasteiger partial charge is 0.453 e. The van der Waals surface area contributed by atoms with Crippen molar-refractivity contribution in [3.05, 3.63) is 24.0 Å². The first-order chi connectivity index (χ1) is 15.2. The lowest BCUT2D eigenvalue weighted by Crippen LogP contribution is -2.49. The highest BCUT2D eigenvalue weighted by molar-refractivity contribution is 7.96. The van der Waals surface area contributed by atoms with Crippen LogP contribution in [0.5, 0.6) is 0 Å². The van der Waals surface area contributed by atoms with Crippen LogP contribution in [0, 0.1) is 5.82 Å². The average Bonchev–Trinajstić information content (AvgIpc) is 3.13. The number of benzene rings is 1. The number of hydrogen-bond donors (Lipinski definition) is 1. The van der Waals surface area contributed by atoms with Crippen molar-refractivity contribution >= 4 is 41.4 Å². The zero-order valence-electron chi connectivity index (χ0n) is 18.2. The lowest BCUT2D eigenvalue weighted by molar-refractivity contribution is -0.146. The van der Waals surface area contributed by atoms with Crippen molar-refractivity contribution in [2.75, 3.05) is 56.2 Å². The molecule has 0 saturated carbocycles. The van der Waals surface area contributed by atoms with Crippen LogP contribution in [-0.2, 0) is 14.3 Å². The lowest BCUT2D eigenvalue weighted by atomic mass is 10.2. The van der Waals surface area contributed by atoms with Crippen molar-refractivity contribution < 1.29 is 33.1 Å². The van der Waals surface area contributed by atoms with Crippen LogP contribution in [0.25, 0.3) is 0 Å². The summed E-state index contributed by atoms with van der Waals surface area (Å²) in [6.07, 6.45) is -1.64. The molecule has 0 bridgehead atoms. The van der Waals surface area contributed by atoms with Gasteiger partial charge in [-0.25, -0.2) is 19.0 Å². The first-order valence-corrected chi connectivity index (χ1v) is 10.7. The zero-order valence-corrected chi connectivity index (χ0v) is 19.1. The molecule has 2 heterocycles. The van der Waals surface area contributed by atoms with E-state index in [9.17, 15) is 18.8 Å². The first-order valence-electron chi connectivity index (χ1n) is 10.2. The van der Waals surface area contributed by atoms with E-state index in [0.29, 0.717) is 37.6 Å². The molecule has 0 aromatic heterocycles. The SMILES string of the molecule is COC(=O)N1CCN(c2ccc(N3C[C@@H](CON(C(=O)S)C(C)C)OC3=O)cc2F)CC1. The molecule has 176 valence electrons. The molecule has 2 aliphatic rings. The molecule has 32 heavy (non-hydrogen) atoms. The van der Waals surface area contributed by atoms with E-state index in [1.54, 1.807) is 30.9 Å². The third kappa shape index (κ3) is 5.36. The topological polar surface area (TPSA) is 91.9 Å². The normalized spacial score (nSPS) is 18.8. The minimum absolute atomic E-state index is 0.0300. The lowest BCUT2D eigenvalue weighted by Gasteiger charge is -2.35. The number of hydrogen-bond acceptors (Lipinski definition) is 7. The summed E-state index contributed by atoms with van der Waals surface area (Å²) in [6.45, 7) is 5.44. The number of ether oxygens (including phenoxy) is 2. The highest BCUT2D eigenvalue weighted by Crippen LogP contribution is 2.29. The van der Waals surface area contributed by atoms with Gasteiger partial charge in [0.05, 0.1) is 31.1 Å². The van der Waals surface area contributed by atoms with E-state index in [1.165, 1.54) is 18.1 Å². The van der Waals surface area contributed by atoms with Crippen LogP contribution in [0.15, 0.2) is 18.2 Å². The predicted octanol–water partition coefficient (Wildman–Crippen LogP) is 2.73. The van der Waals surface area contributed by atoms with Gasteiger partial charge in [-0.1, -0.05) is 12.6 Å². The van der Waals surface area contributed by atoms with Crippen LogP contribution in [0.3, 0.4) is 0 Å². The Morgan fingerprint density at radius 1 is 1.28 bits per heavy atom. The number of nitrogens with zero attached hydrogens (tertiary/aromatic N) is 4. The number of hydroxylamine groups is 2. The van der Waals surface area contributed by atoms with E-state index < -0.39 is 29.3 Å². The fraction of sp³-hybridized carbons (Fsp3) is 0.550. The Balaban J connectivity index is 1.60. The second-order valence-corrected chi connectivity index (χ2v) is 8.08. The van der Waals surface area contributed by atoms with Crippen molar-refractivity contribution in [3.8, 4) is 0 Å². The van der Waals surface area contributed by atoms with Crippen LogP contribution in [0.2, 0.25) is 0 Å². The molecule has 1 aromatic rings. The van der Waals surface area contributed by atoms with Gasteiger partial charge in [-0.3, -0.25) is 14.5 Å². The molecule has 0 radical (unpaired) electrons. The van der Waals surface area contributed by atoms with Gasteiger partial charge in [-0.15, -0.1) is 0 Å². The Kier molecular flexibility index (Phi) is 7.67. The number of thiol groups is 1. The van der Waals surface area contributed by atoms with E-state index in [0.717, 1.165) is 5.06 Å². The standard InChI is InChI=1S/C20H27FN4O6S/c1-13(2)25(20(28)32)30-12-15-11-24(19(27)31-15)14-4-5-17(16(21)10-14)22-6-8-23(9-7-22)18(26)29-3/h4-5,10,13,15H,6-9,11-12H2,1-3H3,(H,28,32)/t15-/m0/s1. The molecule has 2 fully saturated rings. The Bertz CT molecular complexity index is 864. The zero-order chi connectivity index (χ0) is 23.4. The smallest absolute Gasteiger partial charge is 0.414 e. The molecule has 1 atom stereocenters. The van der Waals surface area contributed by atoms with Crippen molar-refractivity contribution in [1.29, 1.82) is 0 Å². The molecular weight excluding hydrogens is 443 g/mol. The third-order valence-corrected chi connectivity index (χ3v) is 5.42. The summed E-state index contributed by atoms with van der Waals surface area (Å²) in [5.41, 5.74) is 0.753. The molecule has 0 spiro atoms. The predicted molar refractivity (Wildman–Crippen MR) is 118 cm³/mol. The fourth-order valence-corrected chi connectivity index (χ4v) is 3.88. The number of amides is 3. The molecule has 0 aliphatic carbocycles. The van der Waals surface area contributed by atoms with Crippen LogP contribution in [0.1, 0.15) is 13.8 Å². The van der Waals surface area contributed by atoms with Gasteiger partial charge in [-0.2, -0.15) is 0 Å². The van der Waals surface area contributed by atoms with Crippen LogP contribution < -0.4 is 9.80 Å². The molecule has 10 nitrogen and oxygen atoms in total. The number of carbonyl (C=O) groups excluding carboxylic acids is 3. The van der Waals surface area contributed by atoms with Gasteiger partial charge in [0.2, 0.25) is 0 Å². The fourth-order valence-electron chi connectivity index (χ4n) is 3.59. The van der Waals surface area contributed by atoms with Crippen molar-refractivity contribution in [3.63, 3.8) is 0 Å². The van der Waals surface area contributed by atoms with Crippen molar-refractivity contribution in [2.45, 2.75) is 26.0 Å². The van der Waals surface area contributed by atoms with Gasteiger partial charge in [0.15, 0.2) is 0 Å². The summed E-state index contributed by atoms with van der Waals surface area (Å²) in [7, 11) is 1.33. The number of anilines is 2. The quantitative estimate of drug-likeness (QED) is 0.505. The molecule has 3 rings (SSSR count). The number of carbonyl (C=O) groups is 3. The maximum Gasteiger partial charge on any atom is 0.414 e. The highest BCUT2D eigenvalue weighted by atomic mass is 32.1. The Labute approximate surface area is 191 Å². The average molecular weight is 471 g/mol. The van der Waals surface area contributed by atoms with E-state index in [-0.39, 0.29) is 19.2 Å². The number of methoxy groups -OCH3 is 1. The van der Waals surface area contributed by atoms with Gasteiger partial charge in [0.1, 0.15) is 18.5 Å². The van der Waals surface area contributed by atoms with Crippen molar-refractivity contribution in [1.82, 2.24) is 9.96 Å². The van der Waals surface area contributed by atoms with Gasteiger partial charge in [-0.05, 0) is 32.0 Å². The van der Waals surface area contributed by atoms with Gasteiger partial charge < -0.3 is 19.3 Å². The molecule has 0 N–H and O–H groups in total. The minimum Gasteiger partial charge on any atom is -0.453 e. The summed E-state index contributed by atoms with van der Waals surface area (Å²) >= 11 is 3.76. The second kappa shape index (κ2) is 10.3. The molecule has 0 unspecified atom stereocenters. The van der Waals surface area contributed by atoms with Gasteiger partial charge in [0.25, 0.3) is 0 Å². The number of rotatable bonds is 6.